The fourth-order valence-corrected chi connectivity index (χ4v) is 4.93. The molecule has 1 aliphatic heterocycles. The molecule has 0 aliphatic carbocycles. The molecule has 1 saturated heterocycles. The minimum atomic E-state index is -0.0557. The van der Waals surface area contributed by atoms with Gasteiger partial charge in [0.2, 0.25) is 5.16 Å². The molecule has 35 heavy (non-hydrogen) atoms. The molecule has 2 aromatic carbocycles. The van der Waals surface area contributed by atoms with Crippen LogP contribution in [-0.2, 0) is 4.74 Å². The highest BCUT2D eigenvalue weighted by molar-refractivity contribution is 7.99. The number of nitrogens with zero attached hydrogens (tertiary/aromatic N) is 5. The first-order chi connectivity index (χ1) is 17.0. The average Bonchev–Trinajstić information content (AvgIpc) is 3.28. The molecule has 4 aromatic rings. The van der Waals surface area contributed by atoms with Crippen LogP contribution in [0.4, 0.5) is 5.69 Å². The van der Waals surface area contributed by atoms with Gasteiger partial charge < -0.3 is 19.8 Å². The van der Waals surface area contributed by atoms with Gasteiger partial charge in [-0.05, 0) is 65.7 Å². The molecule has 5 rings (SSSR count). The molecule has 0 spiro atoms. The Kier molecular flexibility index (Phi) is 6.61. The SMILES string of the molecule is CC(C)c1cc(-c2nnc(Sc3ccccn3)n2-c2ccc(N3CCOCC3)cc2)c(O)cc1O. The molecule has 2 N–H and O–H groups in total. The zero-order chi connectivity index (χ0) is 24.4. The summed E-state index contributed by atoms with van der Waals surface area (Å²) < 4.78 is 7.39. The van der Waals surface area contributed by atoms with Gasteiger partial charge in [-0.15, -0.1) is 10.2 Å². The van der Waals surface area contributed by atoms with Gasteiger partial charge in [0.1, 0.15) is 16.5 Å². The van der Waals surface area contributed by atoms with E-state index in [1.807, 2.05) is 48.7 Å². The molecule has 3 heterocycles. The quantitative estimate of drug-likeness (QED) is 0.397. The number of hydrogen-bond donors (Lipinski definition) is 2. The van der Waals surface area contributed by atoms with Gasteiger partial charge >= 0.3 is 0 Å². The lowest BCUT2D eigenvalue weighted by Crippen LogP contribution is -2.36. The van der Waals surface area contributed by atoms with E-state index in [-0.39, 0.29) is 17.4 Å². The van der Waals surface area contributed by atoms with Crippen molar-refractivity contribution >= 4 is 17.4 Å². The van der Waals surface area contributed by atoms with Gasteiger partial charge in [-0.3, -0.25) is 4.57 Å². The molecule has 180 valence electrons. The Labute approximate surface area is 208 Å². The molecule has 9 heteroatoms. The fraction of sp³-hybridized carbons (Fsp3) is 0.269. The fourth-order valence-electron chi connectivity index (χ4n) is 4.11. The first-order valence-corrected chi connectivity index (χ1v) is 12.4. The van der Waals surface area contributed by atoms with Crippen molar-refractivity contribution < 1.29 is 14.9 Å². The summed E-state index contributed by atoms with van der Waals surface area (Å²) in [5.74, 6) is 0.563. The molecule has 0 bridgehead atoms. The van der Waals surface area contributed by atoms with Crippen LogP contribution in [0.2, 0.25) is 0 Å². The highest BCUT2D eigenvalue weighted by atomic mass is 32.2. The molecule has 1 fully saturated rings. The zero-order valence-corrected chi connectivity index (χ0v) is 20.4. The Morgan fingerprint density at radius 1 is 0.914 bits per heavy atom. The van der Waals surface area contributed by atoms with E-state index in [1.165, 1.54) is 17.8 Å². The normalized spacial score (nSPS) is 14.0. The number of aromatic hydroxyl groups is 2. The Morgan fingerprint density at radius 3 is 2.34 bits per heavy atom. The van der Waals surface area contributed by atoms with E-state index < -0.39 is 0 Å². The smallest absolute Gasteiger partial charge is 0.202 e. The van der Waals surface area contributed by atoms with Crippen molar-refractivity contribution in [3.63, 3.8) is 0 Å². The van der Waals surface area contributed by atoms with Crippen LogP contribution in [0.3, 0.4) is 0 Å². The summed E-state index contributed by atoms with van der Waals surface area (Å²) in [6.07, 6.45) is 1.74. The minimum absolute atomic E-state index is 0.0557. The summed E-state index contributed by atoms with van der Waals surface area (Å²) in [7, 11) is 0. The first kappa shape index (κ1) is 23.2. The van der Waals surface area contributed by atoms with E-state index >= 15 is 0 Å². The maximum Gasteiger partial charge on any atom is 0.202 e. The van der Waals surface area contributed by atoms with Crippen molar-refractivity contribution in [1.82, 2.24) is 19.7 Å². The minimum Gasteiger partial charge on any atom is -0.508 e. The highest BCUT2D eigenvalue weighted by Gasteiger charge is 2.22. The summed E-state index contributed by atoms with van der Waals surface area (Å²) in [5.41, 5.74) is 3.22. The summed E-state index contributed by atoms with van der Waals surface area (Å²) in [6, 6.07) is 17.1. The second-order valence-corrected chi connectivity index (χ2v) is 9.60. The second-order valence-electron chi connectivity index (χ2n) is 8.61. The molecule has 0 atom stereocenters. The Morgan fingerprint density at radius 2 is 1.66 bits per heavy atom. The number of benzene rings is 2. The van der Waals surface area contributed by atoms with Crippen LogP contribution in [-0.4, -0.2) is 56.3 Å². The molecule has 8 nitrogen and oxygen atoms in total. The lowest BCUT2D eigenvalue weighted by Gasteiger charge is -2.29. The van der Waals surface area contributed by atoms with Crippen LogP contribution < -0.4 is 4.90 Å². The van der Waals surface area contributed by atoms with E-state index in [1.54, 1.807) is 12.3 Å². The van der Waals surface area contributed by atoms with Gasteiger partial charge in [0, 0.05) is 36.7 Å². The summed E-state index contributed by atoms with van der Waals surface area (Å²) in [6.45, 7) is 7.15. The van der Waals surface area contributed by atoms with Crippen LogP contribution in [0.15, 0.2) is 71.0 Å². The molecule has 0 amide bonds. The third-order valence-corrected chi connectivity index (χ3v) is 6.86. The number of aromatic nitrogens is 4. The standard InChI is InChI=1S/C26H27N5O3S/c1-17(2)20-15-21(23(33)16-22(20)32)25-28-29-26(35-24-5-3-4-10-27-24)31(25)19-8-6-18(7-9-19)30-11-13-34-14-12-30/h3-10,15-17,32-33H,11-14H2,1-2H3. The predicted octanol–water partition coefficient (Wildman–Crippen LogP) is 4.85. The van der Waals surface area contributed by atoms with Crippen molar-refractivity contribution in [2.45, 2.75) is 29.9 Å². The third-order valence-electron chi connectivity index (χ3n) is 5.96. The van der Waals surface area contributed by atoms with Crippen LogP contribution in [0.1, 0.15) is 25.3 Å². The summed E-state index contributed by atoms with van der Waals surface area (Å²) in [5, 5.41) is 31.4. The number of pyridine rings is 1. The topological polar surface area (TPSA) is 96.5 Å². The summed E-state index contributed by atoms with van der Waals surface area (Å²) in [4.78, 5) is 6.71. The van der Waals surface area contributed by atoms with Gasteiger partial charge in [-0.1, -0.05) is 19.9 Å². The molecule has 0 radical (unpaired) electrons. The largest absolute Gasteiger partial charge is 0.508 e. The van der Waals surface area contributed by atoms with E-state index in [2.05, 4.69) is 32.2 Å². The number of phenolic OH excluding ortho intramolecular Hbond substituents is 2. The lowest BCUT2D eigenvalue weighted by atomic mass is 9.98. The van der Waals surface area contributed by atoms with Gasteiger partial charge in [0.05, 0.1) is 18.8 Å². The van der Waals surface area contributed by atoms with E-state index in [0.29, 0.717) is 16.5 Å². The average molecular weight is 490 g/mol. The molecule has 1 aliphatic rings. The predicted molar refractivity (Wildman–Crippen MR) is 136 cm³/mol. The zero-order valence-electron chi connectivity index (χ0n) is 19.6. The van der Waals surface area contributed by atoms with Gasteiger partial charge in [-0.25, -0.2) is 4.98 Å². The maximum atomic E-state index is 10.8. The molecule has 0 saturated carbocycles. The Balaban J connectivity index is 1.61. The van der Waals surface area contributed by atoms with Crippen molar-refractivity contribution in [2.24, 2.45) is 0 Å². The molecule has 2 aromatic heterocycles. The van der Waals surface area contributed by atoms with Crippen molar-refractivity contribution in [3.8, 4) is 28.6 Å². The van der Waals surface area contributed by atoms with Gasteiger partial charge in [0.25, 0.3) is 0 Å². The maximum absolute atomic E-state index is 10.8. The number of ether oxygens (including phenoxy) is 1. The van der Waals surface area contributed by atoms with Crippen LogP contribution in [0, 0.1) is 0 Å². The molecular formula is C26H27N5O3S. The second kappa shape index (κ2) is 9.97. The van der Waals surface area contributed by atoms with Crippen molar-refractivity contribution in [2.75, 3.05) is 31.2 Å². The number of rotatable bonds is 6. The first-order valence-electron chi connectivity index (χ1n) is 11.5. The van der Waals surface area contributed by atoms with E-state index in [4.69, 9.17) is 4.74 Å². The Bertz CT molecular complexity index is 1300. The van der Waals surface area contributed by atoms with Crippen LogP contribution >= 0.6 is 11.8 Å². The highest BCUT2D eigenvalue weighted by Crippen LogP contribution is 2.40. The summed E-state index contributed by atoms with van der Waals surface area (Å²) >= 11 is 1.40. The van der Waals surface area contributed by atoms with Crippen LogP contribution in [0.5, 0.6) is 11.5 Å². The number of morpholine rings is 1. The van der Waals surface area contributed by atoms with Gasteiger partial charge in [0.15, 0.2) is 5.82 Å². The van der Waals surface area contributed by atoms with E-state index in [9.17, 15) is 10.2 Å². The van der Waals surface area contributed by atoms with Gasteiger partial charge in [-0.2, -0.15) is 0 Å². The number of hydrogen-bond acceptors (Lipinski definition) is 8. The monoisotopic (exact) mass is 489 g/mol. The van der Waals surface area contributed by atoms with Crippen molar-refractivity contribution in [3.05, 3.63) is 66.4 Å². The third kappa shape index (κ3) is 4.82. The number of phenols is 2. The molecular weight excluding hydrogens is 462 g/mol. The molecule has 0 unspecified atom stereocenters. The lowest BCUT2D eigenvalue weighted by molar-refractivity contribution is 0.122. The Hall–Kier alpha value is -3.56. The van der Waals surface area contributed by atoms with E-state index in [0.717, 1.165) is 48.3 Å². The van der Waals surface area contributed by atoms with Crippen LogP contribution in [0.25, 0.3) is 17.1 Å². The van der Waals surface area contributed by atoms with Crippen molar-refractivity contribution in [1.29, 1.82) is 0 Å². The number of anilines is 1.